The van der Waals surface area contributed by atoms with Crippen molar-refractivity contribution in [2.75, 3.05) is 12.8 Å². The number of fused-ring (bicyclic) bond motifs is 1. The molecule has 2 N–H and O–H groups in total. The Morgan fingerprint density at radius 3 is 2.48 bits per heavy atom. The zero-order chi connectivity index (χ0) is 15.0. The molecule has 0 radical (unpaired) electrons. The van der Waals surface area contributed by atoms with Gasteiger partial charge >= 0.3 is 0 Å². The molecule has 106 valence electrons. The number of nitrogens with two attached hydrogens (primary N) is 1. The van der Waals surface area contributed by atoms with Crippen molar-refractivity contribution in [3.05, 3.63) is 58.4 Å². The summed E-state index contributed by atoms with van der Waals surface area (Å²) in [7, 11) is 1.59. The lowest BCUT2D eigenvalue weighted by Crippen LogP contribution is -2.22. The van der Waals surface area contributed by atoms with E-state index in [4.69, 9.17) is 10.5 Å². The topological polar surface area (TPSA) is 70.1 Å². The zero-order valence-electron chi connectivity index (χ0n) is 11.8. The van der Waals surface area contributed by atoms with Gasteiger partial charge in [0.15, 0.2) is 5.82 Å². The second kappa shape index (κ2) is 4.94. The smallest absolute Gasteiger partial charge is 0.279 e. The van der Waals surface area contributed by atoms with E-state index < -0.39 is 0 Å². The number of anilines is 1. The summed E-state index contributed by atoms with van der Waals surface area (Å²) in [6, 6.07) is 12.6. The summed E-state index contributed by atoms with van der Waals surface area (Å²) < 4.78 is 6.42. The molecule has 1 heterocycles. The SMILES string of the molecule is COc1ccc(-n2nc(N)c3cc(C)ccc3c2=O)cc1. The summed E-state index contributed by atoms with van der Waals surface area (Å²) in [5.41, 5.74) is 7.49. The van der Waals surface area contributed by atoms with Gasteiger partial charge in [-0.1, -0.05) is 11.6 Å². The Morgan fingerprint density at radius 1 is 1.10 bits per heavy atom. The van der Waals surface area contributed by atoms with Gasteiger partial charge in [-0.05, 0) is 43.3 Å². The highest BCUT2D eigenvalue weighted by Crippen LogP contribution is 2.19. The lowest BCUT2D eigenvalue weighted by atomic mass is 10.1. The van der Waals surface area contributed by atoms with E-state index >= 15 is 0 Å². The van der Waals surface area contributed by atoms with Crippen LogP contribution in [0.5, 0.6) is 5.75 Å². The third-order valence-corrected chi connectivity index (χ3v) is 3.40. The van der Waals surface area contributed by atoms with Gasteiger partial charge in [0.2, 0.25) is 0 Å². The number of hydrogen-bond donors (Lipinski definition) is 1. The average molecular weight is 281 g/mol. The molecule has 0 aliphatic heterocycles. The number of aromatic nitrogens is 2. The molecule has 5 heteroatoms. The van der Waals surface area contributed by atoms with Crippen molar-refractivity contribution < 1.29 is 4.74 Å². The Morgan fingerprint density at radius 2 is 1.81 bits per heavy atom. The molecular weight excluding hydrogens is 266 g/mol. The Bertz CT molecular complexity index is 867. The van der Waals surface area contributed by atoms with Crippen molar-refractivity contribution in [3.63, 3.8) is 0 Å². The Kier molecular flexibility index (Phi) is 3.10. The summed E-state index contributed by atoms with van der Waals surface area (Å²) in [6.07, 6.45) is 0. The van der Waals surface area contributed by atoms with Gasteiger partial charge in [-0.2, -0.15) is 4.68 Å². The lowest BCUT2D eigenvalue weighted by molar-refractivity contribution is 0.414. The maximum absolute atomic E-state index is 12.6. The van der Waals surface area contributed by atoms with Crippen molar-refractivity contribution in [2.45, 2.75) is 6.92 Å². The zero-order valence-corrected chi connectivity index (χ0v) is 11.8. The number of aryl methyl sites for hydroxylation is 1. The van der Waals surface area contributed by atoms with E-state index in [2.05, 4.69) is 5.10 Å². The van der Waals surface area contributed by atoms with Crippen molar-refractivity contribution in [3.8, 4) is 11.4 Å². The monoisotopic (exact) mass is 281 g/mol. The van der Waals surface area contributed by atoms with Crippen LogP contribution in [0.2, 0.25) is 0 Å². The van der Waals surface area contributed by atoms with E-state index in [1.54, 1.807) is 37.4 Å². The van der Waals surface area contributed by atoms with E-state index in [1.165, 1.54) is 4.68 Å². The minimum atomic E-state index is -0.190. The largest absolute Gasteiger partial charge is 0.497 e. The van der Waals surface area contributed by atoms with E-state index in [-0.39, 0.29) is 5.56 Å². The highest BCUT2D eigenvalue weighted by Gasteiger charge is 2.10. The number of ether oxygens (including phenoxy) is 1. The first kappa shape index (κ1) is 13.2. The first-order chi connectivity index (χ1) is 10.1. The molecular formula is C16H15N3O2. The minimum Gasteiger partial charge on any atom is -0.497 e. The second-order valence-electron chi connectivity index (χ2n) is 4.85. The number of hydrogen-bond acceptors (Lipinski definition) is 4. The van der Waals surface area contributed by atoms with Crippen LogP contribution in [-0.2, 0) is 0 Å². The Hall–Kier alpha value is -2.82. The highest BCUT2D eigenvalue weighted by atomic mass is 16.5. The van der Waals surface area contributed by atoms with E-state index in [1.807, 2.05) is 19.1 Å². The fourth-order valence-corrected chi connectivity index (χ4v) is 2.28. The van der Waals surface area contributed by atoms with Gasteiger partial charge in [-0.15, -0.1) is 5.10 Å². The molecule has 0 saturated heterocycles. The highest BCUT2D eigenvalue weighted by molar-refractivity contribution is 5.90. The molecule has 0 fully saturated rings. The first-order valence-electron chi connectivity index (χ1n) is 6.54. The normalized spacial score (nSPS) is 10.8. The van der Waals surface area contributed by atoms with E-state index in [0.717, 1.165) is 11.3 Å². The molecule has 1 aromatic heterocycles. The number of benzene rings is 2. The third kappa shape index (κ3) is 2.23. The molecule has 5 nitrogen and oxygen atoms in total. The van der Waals surface area contributed by atoms with Gasteiger partial charge in [-0.3, -0.25) is 4.79 Å². The first-order valence-corrected chi connectivity index (χ1v) is 6.54. The third-order valence-electron chi connectivity index (χ3n) is 3.40. The average Bonchev–Trinajstić information content (AvgIpc) is 2.51. The molecule has 0 amide bonds. The molecule has 0 unspecified atom stereocenters. The Balaban J connectivity index is 2.25. The van der Waals surface area contributed by atoms with Gasteiger partial charge in [0.1, 0.15) is 5.75 Å². The number of nitrogens with zero attached hydrogens (tertiary/aromatic N) is 2. The summed E-state index contributed by atoms with van der Waals surface area (Å²) in [6.45, 7) is 1.95. The minimum absolute atomic E-state index is 0.190. The lowest BCUT2D eigenvalue weighted by Gasteiger charge is -2.09. The van der Waals surface area contributed by atoms with Crippen LogP contribution < -0.4 is 16.0 Å². The fraction of sp³-hybridized carbons (Fsp3) is 0.125. The number of nitrogen functional groups attached to an aromatic ring is 1. The molecule has 0 bridgehead atoms. The fourth-order valence-electron chi connectivity index (χ4n) is 2.28. The van der Waals surface area contributed by atoms with Crippen LogP contribution in [0, 0.1) is 6.92 Å². The summed E-state index contributed by atoms with van der Waals surface area (Å²) >= 11 is 0. The molecule has 3 aromatic rings. The maximum atomic E-state index is 12.6. The van der Waals surface area contributed by atoms with Crippen LogP contribution in [0.3, 0.4) is 0 Å². The second-order valence-corrected chi connectivity index (χ2v) is 4.85. The van der Waals surface area contributed by atoms with Gasteiger partial charge in [0.05, 0.1) is 18.2 Å². The predicted octanol–water partition coefficient (Wildman–Crippen LogP) is 2.28. The molecule has 0 spiro atoms. The summed E-state index contributed by atoms with van der Waals surface area (Å²) in [4.78, 5) is 12.6. The number of rotatable bonds is 2. The number of methoxy groups -OCH3 is 1. The molecule has 0 aliphatic carbocycles. The predicted molar refractivity (Wildman–Crippen MR) is 83.0 cm³/mol. The van der Waals surface area contributed by atoms with E-state index in [9.17, 15) is 4.79 Å². The molecule has 2 aromatic carbocycles. The van der Waals surface area contributed by atoms with Crippen LogP contribution in [0.1, 0.15) is 5.56 Å². The standard InChI is InChI=1S/C16H15N3O2/c1-10-3-8-13-14(9-10)15(17)18-19(16(13)20)11-4-6-12(21-2)7-5-11/h3-9H,1-2H3,(H2,17,18). The molecule has 0 atom stereocenters. The van der Waals surface area contributed by atoms with Crippen molar-refractivity contribution in [1.82, 2.24) is 9.78 Å². The van der Waals surface area contributed by atoms with E-state index in [0.29, 0.717) is 22.3 Å². The van der Waals surface area contributed by atoms with Gasteiger partial charge in [0.25, 0.3) is 5.56 Å². The van der Waals surface area contributed by atoms with Crippen molar-refractivity contribution in [2.24, 2.45) is 0 Å². The molecule has 21 heavy (non-hydrogen) atoms. The quantitative estimate of drug-likeness (QED) is 0.782. The molecule has 0 saturated carbocycles. The van der Waals surface area contributed by atoms with Gasteiger partial charge < -0.3 is 10.5 Å². The molecule has 0 aliphatic rings. The van der Waals surface area contributed by atoms with Crippen LogP contribution in [-0.4, -0.2) is 16.9 Å². The van der Waals surface area contributed by atoms with Crippen LogP contribution >= 0.6 is 0 Å². The van der Waals surface area contributed by atoms with Crippen LogP contribution in [0.4, 0.5) is 5.82 Å². The summed E-state index contributed by atoms with van der Waals surface area (Å²) in [5, 5.41) is 5.45. The van der Waals surface area contributed by atoms with Crippen molar-refractivity contribution in [1.29, 1.82) is 0 Å². The molecule has 3 rings (SSSR count). The maximum Gasteiger partial charge on any atom is 0.279 e. The van der Waals surface area contributed by atoms with Gasteiger partial charge in [0, 0.05) is 5.39 Å². The Labute approximate surface area is 121 Å². The summed E-state index contributed by atoms with van der Waals surface area (Å²) in [5.74, 6) is 1.06. The van der Waals surface area contributed by atoms with Crippen LogP contribution in [0.15, 0.2) is 47.3 Å². The van der Waals surface area contributed by atoms with Crippen molar-refractivity contribution >= 4 is 16.6 Å². The van der Waals surface area contributed by atoms with Crippen LogP contribution in [0.25, 0.3) is 16.5 Å². The van der Waals surface area contributed by atoms with Gasteiger partial charge in [-0.25, -0.2) is 0 Å².